The lowest BCUT2D eigenvalue weighted by molar-refractivity contribution is 0.0993. The maximum absolute atomic E-state index is 12.8. The summed E-state index contributed by atoms with van der Waals surface area (Å²) in [5.74, 6) is 1.71. The highest BCUT2D eigenvalue weighted by atomic mass is 16.5. The van der Waals surface area contributed by atoms with Gasteiger partial charge in [-0.3, -0.25) is 4.79 Å². The maximum atomic E-state index is 12.8. The minimum Gasteiger partial charge on any atom is -0.497 e. The first-order chi connectivity index (χ1) is 11.5. The van der Waals surface area contributed by atoms with E-state index in [0.29, 0.717) is 5.56 Å². The van der Waals surface area contributed by atoms with E-state index in [4.69, 9.17) is 4.74 Å². The average Bonchev–Trinajstić information content (AvgIpc) is 2.96. The number of carbonyl (C=O) groups is 1. The van der Waals surface area contributed by atoms with E-state index in [-0.39, 0.29) is 5.91 Å². The van der Waals surface area contributed by atoms with E-state index in [1.807, 2.05) is 49.5 Å². The number of benzene rings is 2. The largest absolute Gasteiger partial charge is 0.497 e. The Morgan fingerprint density at radius 2 is 1.92 bits per heavy atom. The number of ether oxygens (including phenoxy) is 1. The molecule has 0 radical (unpaired) electrons. The SMILES string of the molecule is CCc1nc2cc(C(=O)N(C)c3ccc(OC)cc3)ccc2n1C. The number of carbonyl (C=O) groups excluding carboxylic acids is 1. The molecule has 24 heavy (non-hydrogen) atoms. The number of hydrogen-bond acceptors (Lipinski definition) is 3. The molecule has 124 valence electrons. The van der Waals surface area contributed by atoms with Crippen molar-refractivity contribution >= 4 is 22.6 Å². The van der Waals surface area contributed by atoms with Crippen molar-refractivity contribution in [1.82, 2.24) is 9.55 Å². The molecular formula is C19H21N3O2. The Morgan fingerprint density at radius 1 is 1.21 bits per heavy atom. The van der Waals surface area contributed by atoms with Crippen molar-refractivity contribution in [2.75, 3.05) is 19.1 Å². The standard InChI is InChI=1S/C19H21N3O2/c1-5-18-20-16-12-13(6-11-17(16)22(18)3)19(23)21(2)14-7-9-15(24-4)10-8-14/h6-12H,5H2,1-4H3. The van der Waals surface area contributed by atoms with Crippen LogP contribution in [0.5, 0.6) is 5.75 Å². The van der Waals surface area contributed by atoms with Crippen molar-refractivity contribution in [3.63, 3.8) is 0 Å². The lowest BCUT2D eigenvalue weighted by atomic mass is 10.1. The summed E-state index contributed by atoms with van der Waals surface area (Å²) in [6, 6.07) is 13.1. The molecule has 5 nitrogen and oxygen atoms in total. The predicted molar refractivity (Wildman–Crippen MR) is 95.8 cm³/mol. The molecule has 0 aliphatic carbocycles. The molecule has 1 amide bonds. The Kier molecular flexibility index (Phi) is 4.25. The zero-order valence-corrected chi connectivity index (χ0v) is 14.4. The van der Waals surface area contributed by atoms with Gasteiger partial charge in [-0.05, 0) is 42.5 Å². The molecule has 0 N–H and O–H groups in total. The number of anilines is 1. The number of imidazole rings is 1. The normalized spacial score (nSPS) is 10.8. The number of rotatable bonds is 4. The van der Waals surface area contributed by atoms with Crippen LogP contribution >= 0.6 is 0 Å². The number of fused-ring (bicyclic) bond motifs is 1. The third kappa shape index (κ3) is 2.73. The van der Waals surface area contributed by atoms with Gasteiger partial charge in [-0.15, -0.1) is 0 Å². The van der Waals surface area contributed by atoms with Crippen LogP contribution in [0.3, 0.4) is 0 Å². The second-order valence-corrected chi connectivity index (χ2v) is 5.71. The zero-order valence-electron chi connectivity index (χ0n) is 14.4. The van der Waals surface area contributed by atoms with Crippen LogP contribution < -0.4 is 9.64 Å². The van der Waals surface area contributed by atoms with E-state index < -0.39 is 0 Å². The van der Waals surface area contributed by atoms with Crippen molar-refractivity contribution in [2.45, 2.75) is 13.3 Å². The highest BCUT2D eigenvalue weighted by Crippen LogP contribution is 2.22. The molecular weight excluding hydrogens is 302 g/mol. The van der Waals surface area contributed by atoms with Gasteiger partial charge in [-0.25, -0.2) is 4.98 Å². The molecule has 5 heteroatoms. The van der Waals surface area contributed by atoms with Crippen LogP contribution in [0.15, 0.2) is 42.5 Å². The molecule has 0 aliphatic rings. The van der Waals surface area contributed by atoms with Gasteiger partial charge in [0.15, 0.2) is 0 Å². The molecule has 1 aromatic heterocycles. The second-order valence-electron chi connectivity index (χ2n) is 5.71. The van der Waals surface area contributed by atoms with Gasteiger partial charge < -0.3 is 14.2 Å². The third-order valence-corrected chi connectivity index (χ3v) is 4.30. The van der Waals surface area contributed by atoms with Crippen LogP contribution in [0, 0.1) is 0 Å². The Balaban J connectivity index is 1.92. The summed E-state index contributed by atoms with van der Waals surface area (Å²) in [5.41, 5.74) is 3.33. The smallest absolute Gasteiger partial charge is 0.258 e. The fourth-order valence-corrected chi connectivity index (χ4v) is 2.82. The van der Waals surface area contributed by atoms with Gasteiger partial charge in [0.2, 0.25) is 0 Å². The van der Waals surface area contributed by atoms with Gasteiger partial charge in [0.25, 0.3) is 5.91 Å². The third-order valence-electron chi connectivity index (χ3n) is 4.30. The molecule has 0 saturated heterocycles. The Morgan fingerprint density at radius 3 is 2.54 bits per heavy atom. The highest BCUT2D eigenvalue weighted by molar-refractivity contribution is 6.07. The van der Waals surface area contributed by atoms with Crippen LogP contribution in [0.4, 0.5) is 5.69 Å². The molecule has 0 unspecified atom stereocenters. The van der Waals surface area contributed by atoms with E-state index in [2.05, 4.69) is 16.5 Å². The molecule has 0 spiro atoms. The van der Waals surface area contributed by atoms with Crippen LogP contribution in [0.25, 0.3) is 11.0 Å². The molecule has 0 atom stereocenters. The van der Waals surface area contributed by atoms with Crippen molar-refractivity contribution in [3.05, 3.63) is 53.9 Å². The summed E-state index contributed by atoms with van der Waals surface area (Å²) in [6.45, 7) is 2.07. The summed E-state index contributed by atoms with van der Waals surface area (Å²) in [5, 5.41) is 0. The van der Waals surface area contributed by atoms with Gasteiger partial charge in [0.05, 0.1) is 18.1 Å². The van der Waals surface area contributed by atoms with E-state index in [0.717, 1.165) is 34.7 Å². The van der Waals surface area contributed by atoms with E-state index in [1.165, 1.54) is 0 Å². The highest BCUT2D eigenvalue weighted by Gasteiger charge is 2.16. The fourth-order valence-electron chi connectivity index (χ4n) is 2.82. The maximum Gasteiger partial charge on any atom is 0.258 e. The van der Waals surface area contributed by atoms with Crippen molar-refractivity contribution in [1.29, 1.82) is 0 Å². The quantitative estimate of drug-likeness (QED) is 0.739. The zero-order chi connectivity index (χ0) is 17.3. The second kappa shape index (κ2) is 6.35. The molecule has 0 saturated carbocycles. The van der Waals surface area contributed by atoms with Crippen molar-refractivity contribution in [3.8, 4) is 5.75 Å². The molecule has 0 fully saturated rings. The minimum atomic E-state index is -0.0641. The van der Waals surface area contributed by atoms with Gasteiger partial charge in [-0.2, -0.15) is 0 Å². The van der Waals surface area contributed by atoms with E-state index in [9.17, 15) is 4.79 Å². The molecule has 0 aliphatic heterocycles. The van der Waals surface area contributed by atoms with Crippen LogP contribution in [-0.2, 0) is 13.5 Å². The number of aryl methyl sites for hydroxylation is 2. The summed E-state index contributed by atoms with van der Waals surface area (Å²) >= 11 is 0. The summed E-state index contributed by atoms with van der Waals surface area (Å²) in [6.07, 6.45) is 0.861. The summed E-state index contributed by atoms with van der Waals surface area (Å²) in [7, 11) is 5.39. The minimum absolute atomic E-state index is 0.0641. The topological polar surface area (TPSA) is 47.4 Å². The molecule has 3 aromatic rings. The van der Waals surface area contributed by atoms with Gasteiger partial charge in [0, 0.05) is 31.8 Å². The first-order valence-electron chi connectivity index (χ1n) is 7.92. The van der Waals surface area contributed by atoms with Crippen molar-refractivity contribution in [2.24, 2.45) is 7.05 Å². The van der Waals surface area contributed by atoms with Crippen LogP contribution in [-0.4, -0.2) is 29.6 Å². The van der Waals surface area contributed by atoms with Gasteiger partial charge in [-0.1, -0.05) is 6.92 Å². The first-order valence-corrected chi connectivity index (χ1v) is 7.92. The molecule has 3 rings (SSSR count). The van der Waals surface area contributed by atoms with Crippen LogP contribution in [0.2, 0.25) is 0 Å². The summed E-state index contributed by atoms with van der Waals surface area (Å²) < 4.78 is 7.22. The van der Waals surface area contributed by atoms with Gasteiger partial charge in [0.1, 0.15) is 11.6 Å². The Bertz CT molecular complexity index is 882. The van der Waals surface area contributed by atoms with E-state index >= 15 is 0 Å². The molecule has 2 aromatic carbocycles. The van der Waals surface area contributed by atoms with Gasteiger partial charge >= 0.3 is 0 Å². The number of aromatic nitrogens is 2. The number of methoxy groups -OCH3 is 1. The summed E-state index contributed by atoms with van der Waals surface area (Å²) in [4.78, 5) is 19.0. The number of amides is 1. The Hall–Kier alpha value is -2.82. The Labute approximate surface area is 141 Å². The molecule has 0 bridgehead atoms. The van der Waals surface area contributed by atoms with Crippen molar-refractivity contribution < 1.29 is 9.53 Å². The lowest BCUT2D eigenvalue weighted by Gasteiger charge is -2.17. The number of hydrogen-bond donors (Lipinski definition) is 0. The monoisotopic (exact) mass is 323 g/mol. The fraction of sp³-hybridized carbons (Fsp3) is 0.263. The number of nitrogens with zero attached hydrogens (tertiary/aromatic N) is 3. The van der Waals surface area contributed by atoms with E-state index in [1.54, 1.807) is 19.1 Å². The predicted octanol–water partition coefficient (Wildman–Crippen LogP) is 3.42. The lowest BCUT2D eigenvalue weighted by Crippen LogP contribution is -2.26. The van der Waals surface area contributed by atoms with Crippen LogP contribution in [0.1, 0.15) is 23.1 Å². The first kappa shape index (κ1) is 16.1. The average molecular weight is 323 g/mol. The molecule has 1 heterocycles.